The second-order valence-corrected chi connectivity index (χ2v) is 4.41. The molecular weight excluding hydrogens is 296 g/mol. The molecule has 0 aliphatic rings. The highest BCUT2D eigenvalue weighted by Gasteiger charge is 2.16. The number of carbonyl (C=O) groups is 1. The van der Waals surface area contributed by atoms with Crippen molar-refractivity contribution < 1.29 is 18.7 Å². The molecule has 0 aliphatic carbocycles. The lowest BCUT2D eigenvalue weighted by Gasteiger charge is -2.09. The van der Waals surface area contributed by atoms with Gasteiger partial charge in [-0.1, -0.05) is 0 Å². The number of anilines is 1. The van der Waals surface area contributed by atoms with Gasteiger partial charge < -0.3 is 5.11 Å². The van der Waals surface area contributed by atoms with Crippen LogP contribution in [0, 0.1) is 29.9 Å². The Hall–Kier alpha value is -3.15. The molecule has 114 valence electrons. The first-order chi connectivity index (χ1) is 10.3. The van der Waals surface area contributed by atoms with Crippen molar-refractivity contribution in [3.63, 3.8) is 0 Å². The fourth-order valence-corrected chi connectivity index (χ4v) is 1.82. The molecule has 2 aromatic rings. The van der Waals surface area contributed by atoms with Crippen LogP contribution in [0.25, 0.3) is 0 Å². The van der Waals surface area contributed by atoms with Crippen LogP contribution >= 0.6 is 0 Å². The monoisotopic (exact) mass is 307 g/mol. The first-order valence-corrected chi connectivity index (χ1v) is 6.03. The number of aryl methyl sites for hydroxylation is 2. The summed E-state index contributed by atoms with van der Waals surface area (Å²) < 4.78 is 27.7. The molecule has 1 amide bonds. The number of nitrogens with one attached hydrogen (secondary N) is 2. The molecule has 0 unspecified atom stereocenters. The van der Waals surface area contributed by atoms with Crippen molar-refractivity contribution in [2.75, 3.05) is 5.43 Å². The topological polar surface area (TPSA) is 103 Å². The summed E-state index contributed by atoms with van der Waals surface area (Å²) >= 11 is 0. The number of amides is 1. The Balaban J connectivity index is 2.19. The van der Waals surface area contributed by atoms with Gasteiger partial charge in [0.25, 0.3) is 5.91 Å². The first kappa shape index (κ1) is 15.2. The number of rotatable bonds is 3. The summed E-state index contributed by atoms with van der Waals surface area (Å²) in [6, 6.07) is 3.30. The van der Waals surface area contributed by atoms with Crippen molar-refractivity contribution in [3.8, 4) is 11.8 Å². The maximum Gasteiger partial charge on any atom is 0.269 e. The number of hydrogen-bond donors (Lipinski definition) is 3. The summed E-state index contributed by atoms with van der Waals surface area (Å²) in [4.78, 5) is 11.9. The van der Waals surface area contributed by atoms with Crippen molar-refractivity contribution in [1.29, 1.82) is 5.26 Å². The van der Waals surface area contributed by atoms with Crippen LogP contribution in [0.2, 0.25) is 0 Å². The summed E-state index contributed by atoms with van der Waals surface area (Å²) in [5.74, 6) is -4.27. The Labute approximate surface area is 123 Å². The Morgan fingerprint density at radius 1 is 1.41 bits per heavy atom. The molecule has 1 aromatic heterocycles. The normalized spacial score (nSPS) is 10.1. The van der Waals surface area contributed by atoms with Crippen molar-refractivity contribution in [1.82, 2.24) is 15.2 Å². The predicted molar refractivity (Wildman–Crippen MR) is 71.8 cm³/mol. The number of benzene rings is 1. The average Bonchev–Trinajstić information content (AvgIpc) is 2.74. The standard InChI is InChI=1S/C13H11F2N5O2/c1-6-8(5-16)12(20(2)19-6)17-18-13(22)7-3-9(14)11(21)10(15)4-7/h3-4,17,21H,1-2H3,(H,18,22). The van der Waals surface area contributed by atoms with E-state index in [-0.39, 0.29) is 16.9 Å². The van der Waals surface area contributed by atoms with E-state index in [0.717, 1.165) is 0 Å². The van der Waals surface area contributed by atoms with Gasteiger partial charge in [-0.05, 0) is 19.1 Å². The smallest absolute Gasteiger partial charge is 0.269 e. The van der Waals surface area contributed by atoms with Gasteiger partial charge in [-0.3, -0.25) is 20.3 Å². The van der Waals surface area contributed by atoms with Gasteiger partial charge in [0.15, 0.2) is 23.2 Å². The van der Waals surface area contributed by atoms with Gasteiger partial charge in [0.05, 0.1) is 5.69 Å². The lowest BCUT2D eigenvalue weighted by Crippen LogP contribution is -2.31. The van der Waals surface area contributed by atoms with Crippen molar-refractivity contribution in [2.45, 2.75) is 6.92 Å². The van der Waals surface area contributed by atoms with E-state index in [1.165, 1.54) is 4.68 Å². The van der Waals surface area contributed by atoms with Gasteiger partial charge in [0.1, 0.15) is 11.6 Å². The van der Waals surface area contributed by atoms with Gasteiger partial charge in [0, 0.05) is 12.6 Å². The van der Waals surface area contributed by atoms with E-state index in [1.807, 2.05) is 6.07 Å². The number of nitrogens with zero attached hydrogens (tertiary/aromatic N) is 3. The van der Waals surface area contributed by atoms with E-state index in [1.54, 1.807) is 14.0 Å². The highest BCUT2D eigenvalue weighted by Crippen LogP contribution is 2.21. The molecule has 0 aliphatic heterocycles. The minimum Gasteiger partial charge on any atom is -0.503 e. The summed E-state index contributed by atoms with van der Waals surface area (Å²) in [6.45, 7) is 1.62. The number of halogens is 2. The molecular formula is C13H11F2N5O2. The minimum atomic E-state index is -1.25. The third-order valence-corrected chi connectivity index (χ3v) is 2.91. The Morgan fingerprint density at radius 2 is 2.00 bits per heavy atom. The number of carbonyl (C=O) groups excluding carboxylic acids is 1. The van der Waals surface area contributed by atoms with Gasteiger partial charge >= 0.3 is 0 Å². The molecule has 0 spiro atoms. The number of phenols is 1. The van der Waals surface area contributed by atoms with Crippen LogP contribution in [0.5, 0.6) is 5.75 Å². The summed E-state index contributed by atoms with van der Waals surface area (Å²) in [5.41, 5.74) is 5.03. The quantitative estimate of drug-likeness (QED) is 0.743. The van der Waals surface area contributed by atoms with Crippen LogP contribution in [-0.2, 0) is 7.05 Å². The number of hydrogen-bond acceptors (Lipinski definition) is 5. The van der Waals surface area contributed by atoms with Crippen LogP contribution in [-0.4, -0.2) is 20.8 Å². The van der Waals surface area contributed by atoms with Crippen molar-refractivity contribution in [3.05, 3.63) is 40.6 Å². The number of aromatic nitrogens is 2. The Morgan fingerprint density at radius 3 is 2.55 bits per heavy atom. The fourth-order valence-electron chi connectivity index (χ4n) is 1.82. The molecule has 0 saturated heterocycles. The minimum absolute atomic E-state index is 0.228. The maximum absolute atomic E-state index is 13.2. The largest absolute Gasteiger partial charge is 0.503 e. The molecule has 2 rings (SSSR count). The SMILES string of the molecule is Cc1nn(C)c(NNC(=O)c2cc(F)c(O)c(F)c2)c1C#N. The van der Waals surface area contributed by atoms with Crippen LogP contribution in [0.15, 0.2) is 12.1 Å². The molecule has 0 atom stereocenters. The molecule has 3 N–H and O–H groups in total. The molecule has 22 heavy (non-hydrogen) atoms. The van der Waals surface area contributed by atoms with Gasteiger partial charge in [-0.2, -0.15) is 10.4 Å². The highest BCUT2D eigenvalue weighted by atomic mass is 19.1. The van der Waals surface area contributed by atoms with E-state index in [0.29, 0.717) is 17.8 Å². The predicted octanol–water partition coefficient (Wildman–Crippen LogP) is 1.34. The molecule has 0 bridgehead atoms. The average molecular weight is 307 g/mol. The molecule has 1 heterocycles. The molecule has 0 saturated carbocycles. The zero-order valence-electron chi connectivity index (χ0n) is 11.6. The van der Waals surface area contributed by atoms with Crippen LogP contribution in [0.1, 0.15) is 21.6 Å². The zero-order chi connectivity index (χ0) is 16.4. The Kier molecular flexibility index (Phi) is 3.94. The summed E-state index contributed by atoms with van der Waals surface area (Å²) in [7, 11) is 1.56. The van der Waals surface area contributed by atoms with Crippen molar-refractivity contribution in [2.24, 2.45) is 7.05 Å². The molecule has 9 heteroatoms. The van der Waals surface area contributed by atoms with E-state index < -0.39 is 23.3 Å². The first-order valence-electron chi connectivity index (χ1n) is 6.03. The molecule has 7 nitrogen and oxygen atoms in total. The number of nitriles is 1. The highest BCUT2D eigenvalue weighted by molar-refractivity contribution is 5.95. The van der Waals surface area contributed by atoms with Gasteiger partial charge in [0.2, 0.25) is 0 Å². The zero-order valence-corrected chi connectivity index (χ0v) is 11.6. The van der Waals surface area contributed by atoms with E-state index in [2.05, 4.69) is 16.0 Å². The second kappa shape index (κ2) is 5.69. The molecule has 0 fully saturated rings. The van der Waals surface area contributed by atoms with Crippen LogP contribution in [0.3, 0.4) is 0 Å². The Bertz CT molecular complexity index is 771. The van der Waals surface area contributed by atoms with Gasteiger partial charge in [-0.15, -0.1) is 0 Å². The van der Waals surface area contributed by atoms with E-state index in [4.69, 9.17) is 10.4 Å². The van der Waals surface area contributed by atoms with Gasteiger partial charge in [-0.25, -0.2) is 8.78 Å². The van der Waals surface area contributed by atoms with Crippen LogP contribution in [0.4, 0.5) is 14.6 Å². The fraction of sp³-hybridized carbons (Fsp3) is 0.154. The maximum atomic E-state index is 13.2. The van der Waals surface area contributed by atoms with Crippen molar-refractivity contribution >= 4 is 11.7 Å². The number of hydrazine groups is 1. The number of aromatic hydroxyl groups is 1. The lowest BCUT2D eigenvalue weighted by molar-refractivity contribution is 0.0961. The number of phenolic OH excluding ortho intramolecular Hbond substituents is 1. The second-order valence-electron chi connectivity index (χ2n) is 4.41. The lowest BCUT2D eigenvalue weighted by atomic mass is 10.2. The molecule has 0 radical (unpaired) electrons. The third kappa shape index (κ3) is 2.67. The van der Waals surface area contributed by atoms with Crippen LogP contribution < -0.4 is 10.9 Å². The summed E-state index contributed by atoms with van der Waals surface area (Å²) in [6.07, 6.45) is 0. The molecule has 1 aromatic carbocycles. The van der Waals surface area contributed by atoms with E-state index in [9.17, 15) is 13.6 Å². The third-order valence-electron chi connectivity index (χ3n) is 2.91. The summed E-state index contributed by atoms with van der Waals surface area (Å²) in [5, 5.41) is 22.0. The van der Waals surface area contributed by atoms with E-state index >= 15 is 0 Å².